The van der Waals surface area contributed by atoms with E-state index in [0.29, 0.717) is 31.2 Å². The maximum absolute atomic E-state index is 12.7. The van der Waals surface area contributed by atoms with Gasteiger partial charge in [0.1, 0.15) is 0 Å². The SMILES string of the molecule is CC(C)NCc1cn[nH]c1S(=O)(=O)N1CCC(C)(C)C1. The fraction of sp³-hybridized carbons (Fsp3) is 0.769. The maximum atomic E-state index is 12.7. The number of nitrogens with one attached hydrogen (secondary N) is 2. The summed E-state index contributed by atoms with van der Waals surface area (Å²) in [4.78, 5) is 0. The van der Waals surface area contributed by atoms with Gasteiger partial charge in [-0.3, -0.25) is 5.10 Å². The zero-order valence-electron chi connectivity index (χ0n) is 12.6. The number of H-pyrrole nitrogens is 1. The van der Waals surface area contributed by atoms with Gasteiger partial charge in [0.25, 0.3) is 10.0 Å². The molecule has 0 saturated carbocycles. The standard InChI is InChI=1S/C13H24N4O2S/c1-10(2)14-7-11-8-15-16-12(11)20(18,19)17-6-5-13(3,4)9-17/h8,10,14H,5-7,9H2,1-4H3,(H,15,16). The summed E-state index contributed by atoms with van der Waals surface area (Å²) in [6.07, 6.45) is 2.48. The maximum Gasteiger partial charge on any atom is 0.260 e. The lowest BCUT2D eigenvalue weighted by molar-refractivity contribution is 0.374. The largest absolute Gasteiger partial charge is 0.310 e. The lowest BCUT2D eigenvalue weighted by Crippen LogP contribution is -2.32. The molecule has 1 fully saturated rings. The van der Waals surface area contributed by atoms with Crippen molar-refractivity contribution >= 4 is 10.0 Å². The van der Waals surface area contributed by atoms with Gasteiger partial charge < -0.3 is 5.32 Å². The minimum absolute atomic E-state index is 0.0451. The van der Waals surface area contributed by atoms with Crippen LogP contribution < -0.4 is 5.32 Å². The van der Waals surface area contributed by atoms with Crippen molar-refractivity contribution in [2.75, 3.05) is 13.1 Å². The third kappa shape index (κ3) is 3.21. The van der Waals surface area contributed by atoms with Crippen molar-refractivity contribution in [3.05, 3.63) is 11.8 Å². The second-order valence-electron chi connectivity index (χ2n) is 6.51. The van der Waals surface area contributed by atoms with Crippen molar-refractivity contribution in [1.29, 1.82) is 0 Å². The van der Waals surface area contributed by atoms with Gasteiger partial charge in [0.15, 0.2) is 5.03 Å². The summed E-state index contributed by atoms with van der Waals surface area (Å²) in [6.45, 7) is 9.87. The number of aromatic nitrogens is 2. The Morgan fingerprint density at radius 1 is 1.50 bits per heavy atom. The molecule has 2 rings (SSSR count). The Hall–Kier alpha value is -0.920. The van der Waals surface area contributed by atoms with E-state index in [1.54, 1.807) is 10.5 Å². The molecule has 0 unspecified atom stereocenters. The predicted molar refractivity (Wildman–Crippen MR) is 77.7 cm³/mol. The first kappa shape index (κ1) is 15.5. The average molecular weight is 300 g/mol. The molecule has 6 nitrogen and oxygen atoms in total. The van der Waals surface area contributed by atoms with Crippen LogP contribution in [0.15, 0.2) is 11.2 Å². The monoisotopic (exact) mass is 300 g/mol. The molecule has 1 aromatic heterocycles. The molecule has 0 bridgehead atoms. The molecule has 20 heavy (non-hydrogen) atoms. The van der Waals surface area contributed by atoms with Crippen LogP contribution in [0.25, 0.3) is 0 Å². The second-order valence-corrected chi connectivity index (χ2v) is 8.39. The molecule has 0 aliphatic carbocycles. The van der Waals surface area contributed by atoms with Crippen LogP contribution in [0.2, 0.25) is 0 Å². The summed E-state index contributed by atoms with van der Waals surface area (Å²) >= 11 is 0. The number of hydrogen-bond acceptors (Lipinski definition) is 4. The van der Waals surface area contributed by atoms with E-state index in [1.165, 1.54) is 0 Å². The van der Waals surface area contributed by atoms with E-state index in [2.05, 4.69) is 29.4 Å². The van der Waals surface area contributed by atoms with Crippen molar-refractivity contribution in [2.45, 2.75) is 51.7 Å². The number of sulfonamides is 1. The Kier molecular flexibility index (Phi) is 4.22. The van der Waals surface area contributed by atoms with Crippen LogP contribution in [0.5, 0.6) is 0 Å². The minimum Gasteiger partial charge on any atom is -0.310 e. The van der Waals surface area contributed by atoms with Crippen molar-refractivity contribution in [1.82, 2.24) is 19.8 Å². The first-order chi connectivity index (χ1) is 9.22. The lowest BCUT2D eigenvalue weighted by Gasteiger charge is -2.19. The molecule has 7 heteroatoms. The number of nitrogens with zero attached hydrogens (tertiary/aromatic N) is 2. The minimum atomic E-state index is -3.47. The highest BCUT2D eigenvalue weighted by atomic mass is 32.2. The lowest BCUT2D eigenvalue weighted by atomic mass is 9.93. The van der Waals surface area contributed by atoms with E-state index in [9.17, 15) is 8.42 Å². The number of rotatable bonds is 5. The van der Waals surface area contributed by atoms with Crippen LogP contribution >= 0.6 is 0 Å². The fourth-order valence-corrected chi connectivity index (χ4v) is 4.09. The molecule has 0 atom stereocenters. The van der Waals surface area contributed by atoms with Gasteiger partial charge in [0.05, 0.1) is 6.20 Å². The first-order valence-electron chi connectivity index (χ1n) is 6.98. The topological polar surface area (TPSA) is 78.1 Å². The molecule has 2 heterocycles. The molecule has 1 aliphatic rings. The van der Waals surface area contributed by atoms with Crippen LogP contribution in [-0.4, -0.2) is 42.1 Å². The third-order valence-electron chi connectivity index (χ3n) is 3.62. The van der Waals surface area contributed by atoms with Gasteiger partial charge in [-0.2, -0.15) is 9.40 Å². The van der Waals surface area contributed by atoms with Crippen molar-refractivity contribution in [2.24, 2.45) is 5.41 Å². The molecule has 114 valence electrons. The molecule has 1 saturated heterocycles. The van der Waals surface area contributed by atoms with E-state index in [4.69, 9.17) is 0 Å². The molecule has 0 radical (unpaired) electrons. The first-order valence-corrected chi connectivity index (χ1v) is 8.42. The highest BCUT2D eigenvalue weighted by molar-refractivity contribution is 7.89. The van der Waals surface area contributed by atoms with Gasteiger partial charge >= 0.3 is 0 Å². The van der Waals surface area contributed by atoms with Crippen LogP contribution in [-0.2, 0) is 16.6 Å². The molecule has 0 spiro atoms. The van der Waals surface area contributed by atoms with E-state index < -0.39 is 10.0 Å². The number of hydrogen-bond donors (Lipinski definition) is 2. The van der Waals surface area contributed by atoms with E-state index >= 15 is 0 Å². The summed E-state index contributed by atoms with van der Waals surface area (Å²) in [5, 5.41) is 10.0. The third-order valence-corrected chi connectivity index (χ3v) is 5.48. The fourth-order valence-electron chi connectivity index (χ4n) is 2.36. The molecular weight excluding hydrogens is 276 g/mol. The molecule has 2 N–H and O–H groups in total. The van der Waals surface area contributed by atoms with E-state index in [1.807, 2.05) is 13.8 Å². The second kappa shape index (κ2) is 5.46. The van der Waals surface area contributed by atoms with Crippen LogP contribution in [0.3, 0.4) is 0 Å². The van der Waals surface area contributed by atoms with Crippen molar-refractivity contribution in [3.63, 3.8) is 0 Å². The van der Waals surface area contributed by atoms with Gasteiger partial charge in [-0.15, -0.1) is 0 Å². The van der Waals surface area contributed by atoms with Crippen molar-refractivity contribution < 1.29 is 8.42 Å². The summed E-state index contributed by atoms with van der Waals surface area (Å²) in [5.41, 5.74) is 0.743. The summed E-state index contributed by atoms with van der Waals surface area (Å²) in [5.74, 6) is 0. The Balaban J connectivity index is 2.20. The van der Waals surface area contributed by atoms with Gasteiger partial charge in [-0.1, -0.05) is 27.7 Å². The quantitative estimate of drug-likeness (QED) is 0.860. The smallest absolute Gasteiger partial charge is 0.260 e. The van der Waals surface area contributed by atoms with Crippen LogP contribution in [0, 0.1) is 5.41 Å². The summed E-state index contributed by atoms with van der Waals surface area (Å²) in [6, 6.07) is 0.297. The zero-order chi connectivity index (χ0) is 15.0. The van der Waals surface area contributed by atoms with Gasteiger partial charge in [-0.25, -0.2) is 8.42 Å². The molecule has 1 aliphatic heterocycles. The highest BCUT2D eigenvalue weighted by Gasteiger charge is 2.38. The highest BCUT2D eigenvalue weighted by Crippen LogP contribution is 2.32. The van der Waals surface area contributed by atoms with E-state index in [0.717, 1.165) is 6.42 Å². The zero-order valence-corrected chi connectivity index (χ0v) is 13.4. The average Bonchev–Trinajstić information content (AvgIpc) is 2.92. The number of aromatic amines is 1. The Morgan fingerprint density at radius 3 is 2.75 bits per heavy atom. The van der Waals surface area contributed by atoms with Crippen molar-refractivity contribution in [3.8, 4) is 0 Å². The molecule has 0 aromatic carbocycles. The Bertz CT molecular complexity index is 563. The Morgan fingerprint density at radius 2 is 2.20 bits per heavy atom. The Labute approximate surface area is 121 Å². The van der Waals surface area contributed by atoms with E-state index in [-0.39, 0.29) is 10.4 Å². The molecule has 1 aromatic rings. The van der Waals surface area contributed by atoms with Gasteiger partial charge in [-0.05, 0) is 11.8 Å². The van der Waals surface area contributed by atoms with Crippen LogP contribution in [0.4, 0.5) is 0 Å². The van der Waals surface area contributed by atoms with Gasteiger partial charge in [0, 0.05) is 31.2 Å². The predicted octanol–water partition coefficient (Wildman–Crippen LogP) is 1.33. The summed E-state index contributed by atoms with van der Waals surface area (Å²) < 4.78 is 26.9. The van der Waals surface area contributed by atoms with Gasteiger partial charge in [0.2, 0.25) is 0 Å². The molecular formula is C13H24N4O2S. The normalized spacial score (nSPS) is 19.9. The summed E-state index contributed by atoms with van der Waals surface area (Å²) in [7, 11) is -3.47. The molecule has 0 amide bonds. The van der Waals surface area contributed by atoms with Crippen LogP contribution in [0.1, 0.15) is 39.7 Å².